The molecule has 2 N–H and O–H groups in total. The predicted octanol–water partition coefficient (Wildman–Crippen LogP) is 3.73. The highest BCUT2D eigenvalue weighted by Crippen LogP contribution is 2.15. The Kier molecular flexibility index (Phi) is 16.5. The quantitative estimate of drug-likeness (QED) is 0.312. The number of unbranched alkanes of at least 4 members (excludes halogenated alkanes) is 3. The van der Waals surface area contributed by atoms with Gasteiger partial charge in [-0.15, -0.1) is 0 Å². The number of aliphatic carboxylic acids is 1. The van der Waals surface area contributed by atoms with Crippen LogP contribution >= 0.6 is 0 Å². The van der Waals surface area contributed by atoms with Crippen LogP contribution in [0.15, 0.2) is 0 Å². The molecule has 0 aliphatic rings. The molecule has 0 saturated carbocycles. The van der Waals surface area contributed by atoms with Crippen molar-refractivity contribution in [2.24, 2.45) is 5.92 Å². The minimum Gasteiger partial charge on any atom is -0.481 e. The summed E-state index contributed by atoms with van der Waals surface area (Å²) in [5, 5.41) is 11.8. The molecule has 0 aromatic rings. The molecule has 0 aliphatic carbocycles. The van der Waals surface area contributed by atoms with Gasteiger partial charge in [-0.3, -0.25) is 14.4 Å². The van der Waals surface area contributed by atoms with Gasteiger partial charge in [-0.05, 0) is 59.8 Å². The van der Waals surface area contributed by atoms with Crippen molar-refractivity contribution in [3.05, 3.63) is 0 Å². The summed E-state index contributed by atoms with van der Waals surface area (Å²) >= 11 is 0. The van der Waals surface area contributed by atoms with Gasteiger partial charge in [0.05, 0.1) is 12.2 Å². The summed E-state index contributed by atoms with van der Waals surface area (Å²) in [5.41, 5.74) is 0. The number of Topliss-reactive ketones (excluding diaryl/α,β-unsaturated/α-hetero) is 1. The standard InChI is InChI=1S/C22H41NO6/c1-17(2)28-14-8-5-6-10-20(24)16-19(11-12-21(25)26)22(27)23-13-7-9-15-29-18(3)4/h17-19H,5-16H2,1-4H3,(H,23,27)(H,25,26)/t19-/m1/s1. The normalized spacial score (nSPS) is 12.3. The molecule has 0 saturated heterocycles. The number of carbonyl (C=O) groups is 3. The molecule has 7 heteroatoms. The van der Waals surface area contributed by atoms with Crippen molar-refractivity contribution in [1.82, 2.24) is 5.32 Å². The Hall–Kier alpha value is -1.47. The monoisotopic (exact) mass is 415 g/mol. The van der Waals surface area contributed by atoms with Gasteiger partial charge in [-0.2, -0.15) is 0 Å². The van der Waals surface area contributed by atoms with Crippen molar-refractivity contribution in [2.75, 3.05) is 19.8 Å². The van der Waals surface area contributed by atoms with E-state index in [9.17, 15) is 14.4 Å². The number of carboxylic acid groups (broad SMARTS) is 1. The predicted molar refractivity (Wildman–Crippen MR) is 113 cm³/mol. The smallest absolute Gasteiger partial charge is 0.303 e. The summed E-state index contributed by atoms with van der Waals surface area (Å²) in [6, 6.07) is 0. The first-order valence-corrected chi connectivity index (χ1v) is 11.0. The van der Waals surface area contributed by atoms with Gasteiger partial charge in [0.2, 0.25) is 5.91 Å². The highest BCUT2D eigenvalue weighted by molar-refractivity contribution is 5.87. The van der Waals surface area contributed by atoms with Gasteiger partial charge in [-0.25, -0.2) is 0 Å². The maximum Gasteiger partial charge on any atom is 0.303 e. The second-order valence-corrected chi connectivity index (χ2v) is 8.02. The van der Waals surface area contributed by atoms with E-state index in [4.69, 9.17) is 14.6 Å². The first-order chi connectivity index (χ1) is 13.7. The van der Waals surface area contributed by atoms with Gasteiger partial charge in [-0.1, -0.05) is 6.42 Å². The Labute approximate surface area is 175 Å². The molecule has 0 radical (unpaired) electrons. The number of carbonyl (C=O) groups excluding carboxylic acids is 2. The lowest BCUT2D eigenvalue weighted by Crippen LogP contribution is -2.33. The van der Waals surface area contributed by atoms with E-state index in [0.717, 1.165) is 32.1 Å². The van der Waals surface area contributed by atoms with Crippen LogP contribution in [-0.4, -0.2) is 54.7 Å². The van der Waals surface area contributed by atoms with Gasteiger partial charge < -0.3 is 19.9 Å². The van der Waals surface area contributed by atoms with Gasteiger partial charge in [0.25, 0.3) is 0 Å². The molecule has 1 amide bonds. The van der Waals surface area contributed by atoms with Crippen LogP contribution in [0, 0.1) is 5.92 Å². The van der Waals surface area contributed by atoms with Crippen LogP contribution in [-0.2, 0) is 23.9 Å². The first-order valence-electron chi connectivity index (χ1n) is 11.0. The van der Waals surface area contributed by atoms with Crippen LogP contribution < -0.4 is 5.32 Å². The number of nitrogens with one attached hydrogen (secondary N) is 1. The maximum atomic E-state index is 12.4. The third-order valence-electron chi connectivity index (χ3n) is 4.42. The summed E-state index contributed by atoms with van der Waals surface area (Å²) < 4.78 is 10.9. The Balaban J connectivity index is 4.19. The second kappa shape index (κ2) is 17.4. The minimum absolute atomic E-state index is 0.0191. The molecule has 0 unspecified atom stereocenters. The van der Waals surface area contributed by atoms with Gasteiger partial charge >= 0.3 is 5.97 Å². The second-order valence-electron chi connectivity index (χ2n) is 8.02. The van der Waals surface area contributed by atoms with Crippen LogP contribution in [0.4, 0.5) is 0 Å². The van der Waals surface area contributed by atoms with Crippen molar-refractivity contribution in [2.45, 2.75) is 97.7 Å². The fourth-order valence-corrected chi connectivity index (χ4v) is 2.82. The number of hydrogen-bond acceptors (Lipinski definition) is 5. The molecular formula is C22H41NO6. The van der Waals surface area contributed by atoms with E-state index in [2.05, 4.69) is 5.32 Å². The lowest BCUT2D eigenvalue weighted by atomic mass is 9.94. The SMILES string of the molecule is CC(C)OCCCCCC(=O)C[C@@H](CCC(=O)O)C(=O)NCCCCOC(C)C. The third-order valence-corrected chi connectivity index (χ3v) is 4.42. The van der Waals surface area contributed by atoms with Crippen molar-refractivity contribution >= 4 is 17.7 Å². The van der Waals surface area contributed by atoms with Crippen LogP contribution in [0.2, 0.25) is 0 Å². The lowest BCUT2D eigenvalue weighted by molar-refractivity contribution is -0.138. The van der Waals surface area contributed by atoms with E-state index in [1.54, 1.807) is 0 Å². The van der Waals surface area contributed by atoms with E-state index in [0.29, 0.717) is 26.2 Å². The van der Waals surface area contributed by atoms with E-state index in [1.165, 1.54) is 0 Å². The molecule has 29 heavy (non-hydrogen) atoms. The number of rotatable bonds is 19. The van der Waals surface area contributed by atoms with E-state index >= 15 is 0 Å². The molecule has 0 spiro atoms. The third kappa shape index (κ3) is 18.3. The van der Waals surface area contributed by atoms with Crippen LogP contribution in [0.1, 0.15) is 85.5 Å². The Morgan fingerprint density at radius 3 is 1.97 bits per heavy atom. The molecule has 0 aliphatic heterocycles. The molecule has 0 heterocycles. The highest BCUT2D eigenvalue weighted by Gasteiger charge is 2.22. The average molecular weight is 416 g/mol. The molecular weight excluding hydrogens is 374 g/mol. The average Bonchev–Trinajstić information content (AvgIpc) is 2.63. The number of ether oxygens (including phenoxy) is 2. The maximum absolute atomic E-state index is 12.4. The summed E-state index contributed by atoms with van der Waals surface area (Å²) in [6.07, 6.45) is 5.23. The highest BCUT2D eigenvalue weighted by atomic mass is 16.5. The number of carboxylic acids is 1. The van der Waals surface area contributed by atoms with E-state index < -0.39 is 11.9 Å². The van der Waals surface area contributed by atoms with Crippen LogP contribution in [0.5, 0.6) is 0 Å². The summed E-state index contributed by atoms with van der Waals surface area (Å²) in [4.78, 5) is 35.5. The van der Waals surface area contributed by atoms with E-state index in [1.807, 2.05) is 27.7 Å². The fourth-order valence-electron chi connectivity index (χ4n) is 2.82. The number of hydrogen-bond donors (Lipinski definition) is 2. The van der Waals surface area contributed by atoms with Gasteiger partial charge in [0.15, 0.2) is 0 Å². The van der Waals surface area contributed by atoms with E-state index in [-0.39, 0.29) is 43.2 Å². The summed E-state index contributed by atoms with van der Waals surface area (Å²) in [7, 11) is 0. The molecule has 0 bridgehead atoms. The van der Waals surface area contributed by atoms with Crippen molar-refractivity contribution in [3.63, 3.8) is 0 Å². The Morgan fingerprint density at radius 2 is 1.41 bits per heavy atom. The van der Waals surface area contributed by atoms with Crippen LogP contribution in [0.25, 0.3) is 0 Å². The molecule has 0 aromatic heterocycles. The largest absolute Gasteiger partial charge is 0.481 e. The van der Waals surface area contributed by atoms with Gasteiger partial charge in [0, 0.05) is 44.9 Å². The Bertz CT molecular complexity index is 464. The summed E-state index contributed by atoms with van der Waals surface area (Å²) in [6.45, 7) is 9.79. The first kappa shape index (κ1) is 27.5. The minimum atomic E-state index is -0.953. The fraction of sp³-hybridized carbons (Fsp3) is 0.864. The lowest BCUT2D eigenvalue weighted by Gasteiger charge is -2.16. The molecule has 7 nitrogen and oxygen atoms in total. The zero-order chi connectivity index (χ0) is 22.1. The van der Waals surface area contributed by atoms with Crippen molar-refractivity contribution in [3.8, 4) is 0 Å². The Morgan fingerprint density at radius 1 is 0.828 bits per heavy atom. The van der Waals surface area contributed by atoms with Crippen molar-refractivity contribution in [1.29, 1.82) is 0 Å². The van der Waals surface area contributed by atoms with Gasteiger partial charge in [0.1, 0.15) is 5.78 Å². The van der Waals surface area contributed by atoms with Crippen molar-refractivity contribution < 1.29 is 29.0 Å². The molecule has 0 rings (SSSR count). The molecule has 0 fully saturated rings. The zero-order valence-electron chi connectivity index (χ0n) is 18.7. The molecule has 0 aromatic carbocycles. The summed E-state index contributed by atoms with van der Waals surface area (Å²) in [5.74, 6) is -1.73. The number of ketones is 1. The zero-order valence-corrected chi connectivity index (χ0v) is 18.7. The topological polar surface area (TPSA) is 102 Å². The number of amides is 1. The molecule has 170 valence electrons. The van der Waals surface area contributed by atoms with Crippen LogP contribution in [0.3, 0.4) is 0 Å². The molecule has 1 atom stereocenters.